The third-order valence-electron chi connectivity index (χ3n) is 4.90. The van der Waals surface area contributed by atoms with Gasteiger partial charge in [0.05, 0.1) is 21.3 Å². The molecule has 0 aliphatic rings. The van der Waals surface area contributed by atoms with Crippen LogP contribution in [0.4, 0.5) is 8.78 Å². The Bertz CT molecular complexity index is 1400. The van der Waals surface area contributed by atoms with E-state index in [2.05, 4.69) is 5.10 Å². The van der Waals surface area contributed by atoms with E-state index in [1.54, 1.807) is 60.7 Å². The molecule has 3 aromatic carbocycles. The lowest BCUT2D eigenvalue weighted by Gasteiger charge is -2.13. The Balaban J connectivity index is 2.10. The van der Waals surface area contributed by atoms with Gasteiger partial charge in [0.25, 0.3) is 6.43 Å². The molecule has 0 unspecified atom stereocenters. The van der Waals surface area contributed by atoms with E-state index in [4.69, 9.17) is 23.2 Å². The Morgan fingerprint density at radius 3 is 2.03 bits per heavy atom. The van der Waals surface area contributed by atoms with Crippen LogP contribution in [0.25, 0.3) is 28.1 Å². The molecule has 0 N–H and O–H groups in total. The number of alkyl halides is 2. The van der Waals surface area contributed by atoms with Gasteiger partial charge in [-0.1, -0.05) is 65.7 Å². The van der Waals surface area contributed by atoms with Gasteiger partial charge < -0.3 is 0 Å². The first-order valence-corrected chi connectivity index (χ1v) is 12.0. The lowest BCUT2D eigenvalue weighted by molar-refractivity contribution is 0.146. The summed E-state index contributed by atoms with van der Waals surface area (Å²) in [6.45, 7) is 0. The van der Waals surface area contributed by atoms with Crippen molar-refractivity contribution < 1.29 is 17.2 Å². The van der Waals surface area contributed by atoms with Crippen LogP contribution in [0.2, 0.25) is 10.0 Å². The van der Waals surface area contributed by atoms with Crippen LogP contribution >= 0.6 is 23.2 Å². The molecule has 0 saturated heterocycles. The van der Waals surface area contributed by atoms with Crippen molar-refractivity contribution >= 4 is 33.0 Å². The van der Waals surface area contributed by atoms with Gasteiger partial charge >= 0.3 is 0 Å². The fourth-order valence-electron chi connectivity index (χ4n) is 3.44. The Morgan fingerprint density at radius 1 is 0.875 bits per heavy atom. The molecule has 1 heterocycles. The fraction of sp³-hybridized carbons (Fsp3) is 0.0870. The first-order chi connectivity index (χ1) is 15.2. The van der Waals surface area contributed by atoms with Crippen LogP contribution in [-0.2, 0) is 9.84 Å². The van der Waals surface area contributed by atoms with Gasteiger partial charge in [0.15, 0.2) is 9.84 Å². The van der Waals surface area contributed by atoms with Crippen LogP contribution in [0.15, 0.2) is 77.7 Å². The summed E-state index contributed by atoms with van der Waals surface area (Å²) in [5.74, 6) is 0. The molecule has 4 rings (SSSR count). The predicted molar refractivity (Wildman–Crippen MR) is 123 cm³/mol. The SMILES string of the molecule is CS(=O)(=O)c1ccc(-c2c(-c3ccccc3Cl)c(C(F)F)nn2-c2ccccc2Cl)cc1. The number of hydrogen-bond acceptors (Lipinski definition) is 3. The molecule has 4 aromatic rings. The highest BCUT2D eigenvalue weighted by atomic mass is 35.5. The number of rotatable bonds is 5. The minimum atomic E-state index is -3.43. The molecule has 0 aliphatic heterocycles. The van der Waals surface area contributed by atoms with Crippen molar-refractivity contribution in [1.82, 2.24) is 9.78 Å². The van der Waals surface area contributed by atoms with Gasteiger partial charge in [-0.15, -0.1) is 0 Å². The monoisotopic (exact) mass is 492 g/mol. The second kappa shape index (κ2) is 8.65. The average Bonchev–Trinajstić information content (AvgIpc) is 3.14. The highest BCUT2D eigenvalue weighted by Crippen LogP contribution is 2.43. The molecule has 0 spiro atoms. The first-order valence-electron chi connectivity index (χ1n) is 9.40. The van der Waals surface area contributed by atoms with Crippen molar-refractivity contribution in [3.63, 3.8) is 0 Å². The zero-order chi connectivity index (χ0) is 23.0. The van der Waals surface area contributed by atoms with Gasteiger partial charge in [0.1, 0.15) is 5.69 Å². The normalized spacial score (nSPS) is 11.8. The van der Waals surface area contributed by atoms with Crippen molar-refractivity contribution in [3.8, 4) is 28.1 Å². The van der Waals surface area contributed by atoms with Crippen LogP contribution in [0.5, 0.6) is 0 Å². The maximum Gasteiger partial charge on any atom is 0.282 e. The summed E-state index contributed by atoms with van der Waals surface area (Å²) in [5, 5.41) is 4.81. The van der Waals surface area contributed by atoms with E-state index in [1.807, 2.05) is 0 Å². The van der Waals surface area contributed by atoms with Crippen molar-refractivity contribution in [2.45, 2.75) is 11.3 Å². The Labute approximate surface area is 194 Å². The summed E-state index contributed by atoms with van der Waals surface area (Å²) in [4.78, 5) is 0.110. The van der Waals surface area contributed by atoms with Gasteiger partial charge in [-0.05, 0) is 30.3 Å². The number of sulfone groups is 1. The third-order valence-corrected chi connectivity index (χ3v) is 6.68. The Kier molecular flexibility index (Phi) is 6.07. The molecule has 4 nitrogen and oxygen atoms in total. The summed E-state index contributed by atoms with van der Waals surface area (Å²) in [7, 11) is -3.43. The summed E-state index contributed by atoms with van der Waals surface area (Å²) < 4.78 is 53.4. The number of para-hydroxylation sites is 1. The van der Waals surface area contributed by atoms with E-state index < -0.39 is 22.0 Å². The first kappa shape index (κ1) is 22.5. The van der Waals surface area contributed by atoms with Crippen molar-refractivity contribution in [1.29, 1.82) is 0 Å². The summed E-state index contributed by atoms with van der Waals surface area (Å²) in [6, 6.07) is 19.3. The molecule has 0 bridgehead atoms. The zero-order valence-electron chi connectivity index (χ0n) is 16.6. The van der Waals surface area contributed by atoms with E-state index in [-0.39, 0.29) is 15.5 Å². The van der Waals surface area contributed by atoms with Gasteiger partial charge in [-0.25, -0.2) is 21.9 Å². The third kappa shape index (κ3) is 4.16. The second-order valence-corrected chi connectivity index (χ2v) is 9.88. The lowest BCUT2D eigenvalue weighted by atomic mass is 9.98. The molecule has 0 saturated carbocycles. The number of halogens is 4. The highest BCUT2D eigenvalue weighted by Gasteiger charge is 2.28. The molecular weight excluding hydrogens is 477 g/mol. The maximum atomic E-state index is 14.2. The number of nitrogens with zero attached hydrogens (tertiary/aromatic N) is 2. The van der Waals surface area contributed by atoms with E-state index in [1.165, 1.54) is 16.8 Å². The summed E-state index contributed by atoms with van der Waals surface area (Å²) in [6.07, 6.45) is -1.79. The van der Waals surface area contributed by atoms with Crippen LogP contribution in [-0.4, -0.2) is 24.5 Å². The zero-order valence-corrected chi connectivity index (χ0v) is 19.0. The minimum absolute atomic E-state index is 0.110. The average molecular weight is 493 g/mol. The van der Waals surface area contributed by atoms with Crippen molar-refractivity contribution in [2.24, 2.45) is 0 Å². The number of benzene rings is 3. The smallest absolute Gasteiger partial charge is 0.230 e. The molecule has 1 aromatic heterocycles. The highest BCUT2D eigenvalue weighted by molar-refractivity contribution is 7.90. The van der Waals surface area contributed by atoms with Crippen molar-refractivity contribution in [2.75, 3.05) is 6.26 Å². The fourth-order valence-corrected chi connectivity index (χ4v) is 4.52. The van der Waals surface area contributed by atoms with Gasteiger partial charge in [-0.3, -0.25) is 0 Å². The van der Waals surface area contributed by atoms with Crippen LogP contribution in [0, 0.1) is 0 Å². The number of hydrogen-bond donors (Lipinski definition) is 0. The quantitative estimate of drug-likeness (QED) is 0.306. The second-order valence-electron chi connectivity index (χ2n) is 7.05. The van der Waals surface area contributed by atoms with E-state index >= 15 is 0 Å². The lowest BCUT2D eigenvalue weighted by Crippen LogP contribution is -2.01. The largest absolute Gasteiger partial charge is 0.282 e. The molecule has 0 radical (unpaired) electrons. The van der Waals surface area contributed by atoms with Crippen LogP contribution in [0.1, 0.15) is 12.1 Å². The molecule has 0 amide bonds. The van der Waals surface area contributed by atoms with Gasteiger partial charge in [-0.2, -0.15) is 5.10 Å². The predicted octanol–water partition coefficient (Wildman–Crippen LogP) is 6.85. The van der Waals surface area contributed by atoms with E-state index in [0.29, 0.717) is 27.5 Å². The van der Waals surface area contributed by atoms with Gasteiger partial charge in [0.2, 0.25) is 0 Å². The maximum absolute atomic E-state index is 14.2. The van der Waals surface area contributed by atoms with Crippen LogP contribution < -0.4 is 0 Å². The number of aromatic nitrogens is 2. The molecular formula is C23H16Cl2F2N2O2S. The van der Waals surface area contributed by atoms with E-state index in [9.17, 15) is 17.2 Å². The Hall–Kier alpha value is -2.74. The summed E-state index contributed by atoms with van der Waals surface area (Å²) in [5.41, 5.74) is 1.27. The topological polar surface area (TPSA) is 52.0 Å². The molecule has 32 heavy (non-hydrogen) atoms. The minimum Gasteiger partial charge on any atom is -0.230 e. The van der Waals surface area contributed by atoms with Crippen LogP contribution in [0.3, 0.4) is 0 Å². The van der Waals surface area contributed by atoms with Crippen molar-refractivity contribution in [3.05, 3.63) is 88.5 Å². The summed E-state index contributed by atoms with van der Waals surface area (Å²) >= 11 is 12.7. The molecule has 164 valence electrons. The molecule has 9 heteroatoms. The van der Waals surface area contributed by atoms with E-state index in [0.717, 1.165) is 6.26 Å². The molecule has 0 fully saturated rings. The molecule has 0 aliphatic carbocycles. The molecule has 0 atom stereocenters. The standard InChI is InChI=1S/C23H16Cl2F2N2O2S/c1-32(30,31)15-12-10-14(11-13-15)22-20(16-6-2-3-7-17(16)24)21(23(26)27)28-29(22)19-9-5-4-8-18(19)25/h2-13,23H,1H3. The Morgan fingerprint density at radius 2 is 1.47 bits per heavy atom. The van der Waals surface area contributed by atoms with Gasteiger partial charge in [0, 0.05) is 28.0 Å².